The monoisotopic (exact) mass is 283 g/mol. The Labute approximate surface area is 106 Å². The van der Waals surface area contributed by atoms with Crippen LogP contribution in [0.5, 0.6) is 0 Å². The average Bonchev–Trinajstić information content (AvgIpc) is 2.23. The van der Waals surface area contributed by atoms with Gasteiger partial charge in [-0.3, -0.25) is 4.79 Å². The number of halogens is 5. The van der Waals surface area contributed by atoms with Crippen LogP contribution in [-0.2, 0) is 11.2 Å². The summed E-state index contributed by atoms with van der Waals surface area (Å²) >= 11 is 5.55. The average molecular weight is 284 g/mol. The maximum Gasteiger partial charge on any atom is 0.413 e. The second kappa shape index (κ2) is 4.85. The Morgan fingerprint density at radius 1 is 1.39 bits per heavy atom. The van der Waals surface area contributed by atoms with Gasteiger partial charge in [0.1, 0.15) is 5.82 Å². The lowest BCUT2D eigenvalue weighted by Gasteiger charge is -2.26. The molecule has 0 fully saturated rings. The van der Waals surface area contributed by atoms with Gasteiger partial charge in [0, 0.05) is 6.42 Å². The molecule has 18 heavy (non-hydrogen) atoms. The van der Waals surface area contributed by atoms with Crippen LogP contribution in [0.25, 0.3) is 0 Å². The van der Waals surface area contributed by atoms with Crippen molar-refractivity contribution in [3.63, 3.8) is 0 Å². The molecule has 7 heteroatoms. The van der Waals surface area contributed by atoms with Crippen LogP contribution in [0.2, 0.25) is 5.02 Å². The zero-order valence-electron chi connectivity index (χ0n) is 9.31. The van der Waals surface area contributed by atoms with Crippen molar-refractivity contribution in [1.82, 2.24) is 0 Å². The van der Waals surface area contributed by atoms with Crippen molar-refractivity contribution in [2.75, 3.05) is 0 Å². The molecule has 0 aliphatic heterocycles. The molecule has 0 aliphatic rings. The van der Waals surface area contributed by atoms with Crippen LogP contribution in [0.15, 0.2) is 18.2 Å². The quantitative estimate of drug-likeness (QED) is 0.867. The topological polar surface area (TPSA) is 43.1 Å². The van der Waals surface area contributed by atoms with Crippen molar-refractivity contribution >= 4 is 17.4 Å². The van der Waals surface area contributed by atoms with Crippen LogP contribution in [-0.4, -0.2) is 17.5 Å². The normalized spacial score (nSPS) is 15.3. The van der Waals surface area contributed by atoms with E-state index in [-0.39, 0.29) is 10.6 Å². The number of hydrogen-bond donors (Lipinski definition) is 1. The number of carbonyl (C=O) groups excluding carboxylic acids is 1. The summed E-state index contributed by atoms with van der Waals surface area (Å²) in [7, 11) is 0. The van der Waals surface area contributed by atoms with Crippen molar-refractivity contribution in [2.45, 2.75) is 25.1 Å². The Morgan fingerprint density at radius 2 is 1.94 bits per heavy atom. The number of carbonyl (C=O) groups is 1. The van der Waals surface area contributed by atoms with Crippen LogP contribution >= 0.6 is 11.6 Å². The highest BCUT2D eigenvalue weighted by atomic mass is 35.5. The molecule has 0 aromatic heterocycles. The lowest BCUT2D eigenvalue weighted by molar-refractivity contribution is -0.185. The van der Waals surface area contributed by atoms with Crippen LogP contribution in [0.1, 0.15) is 12.5 Å². The Hall–Kier alpha value is -1.14. The Bertz CT molecular complexity index is 471. The third-order valence-corrected chi connectivity index (χ3v) is 2.97. The molecule has 0 amide bonds. The molecule has 1 aromatic rings. The summed E-state index contributed by atoms with van der Waals surface area (Å²) in [5.41, 5.74) is 1.95. The first-order valence-corrected chi connectivity index (χ1v) is 5.27. The number of ketones is 1. The van der Waals surface area contributed by atoms with Crippen LogP contribution in [0, 0.1) is 5.82 Å². The highest BCUT2D eigenvalue weighted by Gasteiger charge is 2.53. The van der Waals surface area contributed by atoms with E-state index >= 15 is 0 Å². The molecule has 0 saturated carbocycles. The lowest BCUT2D eigenvalue weighted by atomic mass is 9.92. The smallest absolute Gasteiger partial charge is 0.312 e. The first kappa shape index (κ1) is 14.9. The maximum absolute atomic E-state index is 13.1. The Balaban J connectivity index is 2.99. The molecule has 0 heterocycles. The number of Topliss-reactive ketones (excluding diaryl/α,β-unsaturated/α-hetero) is 1. The Morgan fingerprint density at radius 3 is 2.44 bits per heavy atom. The van der Waals surface area contributed by atoms with Crippen LogP contribution in [0.4, 0.5) is 17.6 Å². The third-order valence-electron chi connectivity index (χ3n) is 2.55. The second-order valence-corrected chi connectivity index (χ2v) is 4.39. The summed E-state index contributed by atoms with van der Waals surface area (Å²) in [6, 6.07) is 3.57. The molecule has 1 atom stereocenters. The lowest BCUT2D eigenvalue weighted by Crippen LogP contribution is -2.57. The van der Waals surface area contributed by atoms with Gasteiger partial charge in [0.25, 0.3) is 0 Å². The fourth-order valence-electron chi connectivity index (χ4n) is 1.20. The molecule has 0 bridgehead atoms. The number of alkyl halides is 3. The van der Waals surface area contributed by atoms with Gasteiger partial charge in [-0.2, -0.15) is 13.2 Å². The van der Waals surface area contributed by atoms with Gasteiger partial charge in [-0.1, -0.05) is 23.7 Å². The van der Waals surface area contributed by atoms with Crippen molar-refractivity contribution < 1.29 is 22.4 Å². The molecule has 2 nitrogen and oxygen atoms in total. The van der Waals surface area contributed by atoms with Crippen molar-refractivity contribution in [3.8, 4) is 0 Å². The molecule has 0 saturated heterocycles. The summed E-state index contributed by atoms with van der Waals surface area (Å²) < 4.78 is 50.6. The van der Waals surface area contributed by atoms with Gasteiger partial charge in [-0.15, -0.1) is 0 Å². The number of hydrogen-bond acceptors (Lipinski definition) is 2. The first-order valence-electron chi connectivity index (χ1n) is 4.89. The van der Waals surface area contributed by atoms with E-state index in [9.17, 15) is 22.4 Å². The minimum absolute atomic E-state index is 0.0254. The summed E-state index contributed by atoms with van der Waals surface area (Å²) in [6.45, 7) is 0.572. The highest BCUT2D eigenvalue weighted by molar-refractivity contribution is 6.31. The third kappa shape index (κ3) is 2.81. The van der Waals surface area contributed by atoms with Gasteiger partial charge in [-0.05, 0) is 18.6 Å². The summed E-state index contributed by atoms with van der Waals surface area (Å²) in [4.78, 5) is 11.5. The number of benzene rings is 1. The predicted octanol–water partition coefficient (Wildman–Crippen LogP) is 2.87. The standard InChI is InChI=1S/C11H10ClF4NO/c1-10(17,11(14,15)16)8(18)5-6-3-2-4-7(13)9(6)12/h2-4H,5,17H2,1H3. The van der Waals surface area contributed by atoms with Gasteiger partial charge in [-0.25, -0.2) is 4.39 Å². The van der Waals surface area contributed by atoms with Crippen molar-refractivity contribution in [2.24, 2.45) is 5.73 Å². The summed E-state index contributed by atoms with van der Waals surface area (Å²) in [5, 5.41) is -0.371. The van der Waals surface area contributed by atoms with Gasteiger partial charge in [0.2, 0.25) is 0 Å². The van der Waals surface area contributed by atoms with Crippen LogP contribution in [0.3, 0.4) is 0 Å². The molecule has 0 spiro atoms. The molecular formula is C11H10ClF4NO. The molecule has 0 radical (unpaired) electrons. The minimum Gasteiger partial charge on any atom is -0.312 e. The minimum atomic E-state index is -4.87. The van der Waals surface area contributed by atoms with E-state index in [1.165, 1.54) is 12.1 Å². The van der Waals surface area contributed by atoms with E-state index < -0.39 is 29.7 Å². The van der Waals surface area contributed by atoms with E-state index in [4.69, 9.17) is 17.3 Å². The molecule has 2 N–H and O–H groups in total. The molecule has 1 aromatic carbocycles. The van der Waals surface area contributed by atoms with E-state index in [1.807, 2.05) is 0 Å². The number of rotatable bonds is 3. The first-order chi connectivity index (χ1) is 8.07. The highest BCUT2D eigenvalue weighted by Crippen LogP contribution is 2.30. The van der Waals surface area contributed by atoms with E-state index in [2.05, 4.69) is 0 Å². The fourth-order valence-corrected chi connectivity index (χ4v) is 1.39. The van der Waals surface area contributed by atoms with E-state index in [1.54, 1.807) is 0 Å². The molecule has 1 unspecified atom stereocenters. The van der Waals surface area contributed by atoms with Crippen molar-refractivity contribution in [1.29, 1.82) is 0 Å². The molecule has 0 aliphatic carbocycles. The summed E-state index contributed by atoms with van der Waals surface area (Å²) in [5.74, 6) is -2.07. The zero-order valence-corrected chi connectivity index (χ0v) is 10.1. The molecular weight excluding hydrogens is 274 g/mol. The van der Waals surface area contributed by atoms with E-state index in [0.717, 1.165) is 6.07 Å². The van der Waals surface area contributed by atoms with Gasteiger partial charge in [0.15, 0.2) is 11.3 Å². The zero-order chi connectivity index (χ0) is 14.1. The largest absolute Gasteiger partial charge is 0.413 e. The molecule has 1 rings (SSSR count). The number of nitrogens with two attached hydrogens (primary N) is 1. The van der Waals surface area contributed by atoms with Crippen molar-refractivity contribution in [3.05, 3.63) is 34.6 Å². The SMILES string of the molecule is CC(N)(C(=O)Cc1cccc(F)c1Cl)C(F)(F)F. The van der Waals surface area contributed by atoms with Crippen LogP contribution < -0.4 is 5.73 Å². The van der Waals surface area contributed by atoms with E-state index in [0.29, 0.717) is 6.92 Å². The molecule has 100 valence electrons. The fraction of sp³-hybridized carbons (Fsp3) is 0.364. The maximum atomic E-state index is 13.1. The Kier molecular flexibility index (Phi) is 4.02. The van der Waals surface area contributed by atoms with Gasteiger partial charge in [0.05, 0.1) is 5.02 Å². The van der Waals surface area contributed by atoms with Gasteiger partial charge < -0.3 is 5.73 Å². The predicted molar refractivity (Wildman–Crippen MR) is 58.8 cm³/mol. The van der Waals surface area contributed by atoms with Gasteiger partial charge >= 0.3 is 6.18 Å². The second-order valence-electron chi connectivity index (χ2n) is 4.01. The summed E-state index contributed by atoms with van der Waals surface area (Å²) in [6.07, 6.45) is -5.55.